The lowest BCUT2D eigenvalue weighted by Gasteiger charge is -2.33. The standard InChI is InChI=1S/C24H28N6OS2/c1-5-30-21(15-8-10-26-11-9-15)28-29-23(30)32-14-20(31)27-22-18(13-25)17-7-6-16(24(2,3)4)12-19(17)33-22/h8-11,16H,5-7,12,14H2,1-4H3,(H,27,31). The third kappa shape index (κ3) is 4.97. The number of hydrogen-bond donors (Lipinski definition) is 1. The number of fused-ring (bicyclic) bond motifs is 1. The highest BCUT2D eigenvalue weighted by molar-refractivity contribution is 7.99. The minimum Gasteiger partial charge on any atom is -0.316 e. The zero-order valence-corrected chi connectivity index (χ0v) is 21.0. The SMILES string of the molecule is CCn1c(SCC(=O)Nc2sc3c(c2C#N)CCC(C(C)(C)C)C3)nnc1-c1ccncc1. The lowest BCUT2D eigenvalue weighted by Crippen LogP contribution is -2.26. The molecule has 1 atom stereocenters. The van der Waals surface area contributed by atoms with Crippen LogP contribution in [0.1, 0.15) is 50.1 Å². The van der Waals surface area contributed by atoms with Gasteiger partial charge >= 0.3 is 0 Å². The number of nitriles is 1. The Hall–Kier alpha value is -2.70. The molecule has 1 amide bonds. The van der Waals surface area contributed by atoms with Gasteiger partial charge in [0.2, 0.25) is 5.91 Å². The molecule has 33 heavy (non-hydrogen) atoms. The molecule has 1 aliphatic rings. The summed E-state index contributed by atoms with van der Waals surface area (Å²) in [5, 5.41) is 22.7. The molecule has 0 aliphatic heterocycles. The van der Waals surface area contributed by atoms with Crippen LogP contribution >= 0.6 is 23.1 Å². The zero-order chi connectivity index (χ0) is 23.6. The first-order valence-corrected chi connectivity index (χ1v) is 12.9. The first-order valence-electron chi connectivity index (χ1n) is 11.1. The normalized spacial score (nSPS) is 15.7. The Morgan fingerprint density at radius 1 is 1.33 bits per heavy atom. The van der Waals surface area contributed by atoms with Gasteiger partial charge in [0.05, 0.1) is 11.3 Å². The predicted molar refractivity (Wildman–Crippen MR) is 132 cm³/mol. The van der Waals surface area contributed by atoms with Gasteiger partial charge in [-0.05, 0) is 55.2 Å². The quantitative estimate of drug-likeness (QED) is 0.489. The zero-order valence-electron chi connectivity index (χ0n) is 19.4. The van der Waals surface area contributed by atoms with Crippen molar-refractivity contribution in [2.45, 2.75) is 58.7 Å². The van der Waals surface area contributed by atoms with Crippen LogP contribution in [0.5, 0.6) is 0 Å². The smallest absolute Gasteiger partial charge is 0.235 e. The van der Waals surface area contributed by atoms with E-state index in [1.165, 1.54) is 16.6 Å². The van der Waals surface area contributed by atoms with Gasteiger partial charge in [-0.2, -0.15) is 5.26 Å². The number of anilines is 1. The average molecular weight is 481 g/mol. The number of aromatic nitrogens is 4. The number of carbonyl (C=O) groups excluding carboxylic acids is 1. The third-order valence-electron chi connectivity index (χ3n) is 6.16. The summed E-state index contributed by atoms with van der Waals surface area (Å²) in [5.74, 6) is 1.41. The van der Waals surface area contributed by atoms with Gasteiger partial charge in [0, 0.05) is 29.4 Å². The fourth-order valence-electron chi connectivity index (χ4n) is 4.22. The van der Waals surface area contributed by atoms with E-state index in [4.69, 9.17) is 0 Å². The molecule has 4 rings (SSSR count). The average Bonchev–Trinajstić information content (AvgIpc) is 3.37. The summed E-state index contributed by atoms with van der Waals surface area (Å²) in [6.45, 7) is 9.54. The van der Waals surface area contributed by atoms with Gasteiger partial charge in [-0.15, -0.1) is 21.5 Å². The number of carbonyl (C=O) groups is 1. The Labute approximate surface area is 202 Å². The molecule has 1 aliphatic carbocycles. The van der Waals surface area contributed by atoms with Crippen molar-refractivity contribution in [3.8, 4) is 17.5 Å². The van der Waals surface area contributed by atoms with Crippen LogP contribution in [0.4, 0.5) is 5.00 Å². The number of pyridine rings is 1. The van der Waals surface area contributed by atoms with Crippen LogP contribution in [0.2, 0.25) is 0 Å². The van der Waals surface area contributed by atoms with Crippen molar-refractivity contribution in [2.75, 3.05) is 11.1 Å². The van der Waals surface area contributed by atoms with Crippen LogP contribution in [0.25, 0.3) is 11.4 Å². The third-order valence-corrected chi connectivity index (χ3v) is 8.30. The number of hydrogen-bond acceptors (Lipinski definition) is 7. The van der Waals surface area contributed by atoms with E-state index in [9.17, 15) is 10.1 Å². The second kappa shape index (κ2) is 9.65. The number of thiophene rings is 1. The van der Waals surface area contributed by atoms with Crippen molar-refractivity contribution >= 4 is 34.0 Å². The van der Waals surface area contributed by atoms with Crippen LogP contribution in [0.15, 0.2) is 29.7 Å². The second-order valence-corrected chi connectivity index (χ2v) is 11.3. The lowest BCUT2D eigenvalue weighted by molar-refractivity contribution is -0.113. The largest absolute Gasteiger partial charge is 0.316 e. The molecule has 1 N–H and O–H groups in total. The minimum atomic E-state index is -0.140. The van der Waals surface area contributed by atoms with E-state index < -0.39 is 0 Å². The summed E-state index contributed by atoms with van der Waals surface area (Å²) >= 11 is 2.91. The molecule has 0 bridgehead atoms. The second-order valence-electron chi connectivity index (χ2n) is 9.25. The maximum atomic E-state index is 12.8. The van der Waals surface area contributed by atoms with Gasteiger partial charge in [-0.1, -0.05) is 32.5 Å². The lowest BCUT2D eigenvalue weighted by atomic mass is 9.72. The summed E-state index contributed by atoms with van der Waals surface area (Å²) in [6.07, 6.45) is 6.40. The summed E-state index contributed by atoms with van der Waals surface area (Å²) in [7, 11) is 0. The Morgan fingerprint density at radius 2 is 2.09 bits per heavy atom. The van der Waals surface area contributed by atoms with Gasteiger partial charge in [0.25, 0.3) is 0 Å². The summed E-state index contributed by atoms with van der Waals surface area (Å²) in [5.41, 5.74) is 2.93. The van der Waals surface area contributed by atoms with Crippen LogP contribution in [-0.4, -0.2) is 31.4 Å². The van der Waals surface area contributed by atoms with E-state index in [-0.39, 0.29) is 17.1 Å². The van der Waals surface area contributed by atoms with Crippen LogP contribution in [-0.2, 0) is 24.2 Å². The Balaban J connectivity index is 1.45. The Bertz CT molecular complexity index is 1190. The van der Waals surface area contributed by atoms with Crippen molar-refractivity contribution in [1.82, 2.24) is 19.7 Å². The van der Waals surface area contributed by atoms with Gasteiger partial charge in [-0.3, -0.25) is 9.78 Å². The maximum absolute atomic E-state index is 12.8. The molecule has 0 saturated carbocycles. The molecule has 3 aromatic heterocycles. The molecule has 0 saturated heterocycles. The summed E-state index contributed by atoms with van der Waals surface area (Å²) in [4.78, 5) is 18.1. The van der Waals surface area contributed by atoms with E-state index in [2.05, 4.69) is 47.3 Å². The van der Waals surface area contributed by atoms with E-state index in [1.54, 1.807) is 23.7 Å². The van der Waals surface area contributed by atoms with E-state index in [0.29, 0.717) is 28.2 Å². The minimum absolute atomic E-state index is 0.140. The fourth-order valence-corrected chi connectivity index (χ4v) is 6.32. The number of rotatable bonds is 6. The van der Waals surface area contributed by atoms with Crippen molar-refractivity contribution in [2.24, 2.45) is 11.3 Å². The monoisotopic (exact) mass is 480 g/mol. The number of amides is 1. The number of thioether (sulfide) groups is 1. The Kier molecular flexibility index (Phi) is 6.86. The molecule has 0 fully saturated rings. The first-order chi connectivity index (χ1) is 15.8. The molecule has 0 radical (unpaired) electrons. The van der Waals surface area contributed by atoms with Crippen molar-refractivity contribution in [3.05, 3.63) is 40.5 Å². The Morgan fingerprint density at radius 3 is 2.76 bits per heavy atom. The number of nitrogens with one attached hydrogen (secondary N) is 1. The molecule has 9 heteroatoms. The molecule has 1 unspecified atom stereocenters. The molecular weight excluding hydrogens is 452 g/mol. The van der Waals surface area contributed by atoms with Gasteiger partial charge in [-0.25, -0.2) is 0 Å². The molecule has 3 heterocycles. The highest BCUT2D eigenvalue weighted by atomic mass is 32.2. The fraction of sp³-hybridized carbons (Fsp3) is 0.458. The van der Waals surface area contributed by atoms with Crippen LogP contribution < -0.4 is 5.32 Å². The molecule has 3 aromatic rings. The van der Waals surface area contributed by atoms with Gasteiger partial charge in [0.1, 0.15) is 11.1 Å². The van der Waals surface area contributed by atoms with E-state index in [1.807, 2.05) is 23.6 Å². The summed E-state index contributed by atoms with van der Waals surface area (Å²) in [6, 6.07) is 6.12. The van der Waals surface area contributed by atoms with E-state index in [0.717, 1.165) is 36.2 Å². The van der Waals surface area contributed by atoms with Gasteiger partial charge in [0.15, 0.2) is 11.0 Å². The molecule has 7 nitrogen and oxygen atoms in total. The summed E-state index contributed by atoms with van der Waals surface area (Å²) < 4.78 is 1.99. The maximum Gasteiger partial charge on any atom is 0.235 e. The van der Waals surface area contributed by atoms with Crippen molar-refractivity contribution in [1.29, 1.82) is 5.26 Å². The van der Waals surface area contributed by atoms with Gasteiger partial charge < -0.3 is 9.88 Å². The highest BCUT2D eigenvalue weighted by Gasteiger charge is 2.32. The molecule has 0 aromatic carbocycles. The topological polar surface area (TPSA) is 96.5 Å². The highest BCUT2D eigenvalue weighted by Crippen LogP contribution is 2.44. The van der Waals surface area contributed by atoms with Crippen LogP contribution in [0, 0.1) is 22.7 Å². The first kappa shape index (κ1) is 23.5. The van der Waals surface area contributed by atoms with Crippen molar-refractivity contribution in [3.63, 3.8) is 0 Å². The molecule has 172 valence electrons. The molecular formula is C24H28N6OS2. The predicted octanol–water partition coefficient (Wildman–Crippen LogP) is 5.17. The van der Waals surface area contributed by atoms with Crippen molar-refractivity contribution < 1.29 is 4.79 Å². The number of nitrogens with zero attached hydrogens (tertiary/aromatic N) is 5. The van der Waals surface area contributed by atoms with E-state index >= 15 is 0 Å². The molecule has 0 spiro atoms. The van der Waals surface area contributed by atoms with Crippen LogP contribution in [0.3, 0.4) is 0 Å².